The molecule has 2 aromatic rings. The predicted molar refractivity (Wildman–Crippen MR) is 70.3 cm³/mol. The van der Waals surface area contributed by atoms with Crippen LogP contribution in [0.1, 0.15) is 19.2 Å². The number of aromatic nitrogens is 4. The Hall–Kier alpha value is -1.96. The third kappa shape index (κ3) is 3.50. The molecule has 19 heavy (non-hydrogen) atoms. The third-order valence-corrected chi connectivity index (χ3v) is 4.46. The van der Waals surface area contributed by atoms with Crippen LogP contribution in [0.5, 0.6) is 0 Å². The van der Waals surface area contributed by atoms with Crippen molar-refractivity contribution in [3.05, 3.63) is 30.1 Å². The van der Waals surface area contributed by atoms with Gasteiger partial charge in [0.2, 0.25) is 0 Å². The second-order valence-electron chi connectivity index (χ2n) is 4.02. The summed E-state index contributed by atoms with van der Waals surface area (Å²) in [4.78, 5) is 0.347. The fourth-order valence-electron chi connectivity index (χ4n) is 1.61. The molecule has 0 spiro atoms. The molecular formula is C11H15N5O2S. The Morgan fingerprint density at radius 3 is 2.58 bits per heavy atom. The van der Waals surface area contributed by atoms with Crippen molar-refractivity contribution in [3.63, 3.8) is 0 Å². The number of rotatable bonds is 6. The lowest BCUT2D eigenvalue weighted by Gasteiger charge is -2.06. The maximum atomic E-state index is 11.8. The van der Waals surface area contributed by atoms with Crippen molar-refractivity contribution in [2.45, 2.75) is 24.8 Å². The molecule has 0 saturated carbocycles. The van der Waals surface area contributed by atoms with Gasteiger partial charge in [0, 0.05) is 5.69 Å². The highest BCUT2D eigenvalue weighted by Gasteiger charge is 2.12. The molecule has 0 atom stereocenters. The summed E-state index contributed by atoms with van der Waals surface area (Å²) in [5, 5.41) is 16.5. The van der Waals surface area contributed by atoms with E-state index in [1.807, 2.05) is 6.92 Å². The van der Waals surface area contributed by atoms with Gasteiger partial charge in [0.15, 0.2) is 15.7 Å². The fourth-order valence-corrected chi connectivity index (χ4v) is 2.93. The summed E-state index contributed by atoms with van der Waals surface area (Å²) in [6.45, 7) is 2.27. The third-order valence-electron chi connectivity index (χ3n) is 2.53. The standard InChI is InChI=1S/C11H15N5O2S/c1-2-7-19(17,18)10-5-3-9(4-6-10)12-8-11-13-15-16-14-11/h3-6,12H,2,7-8H2,1H3,(H,13,14,15,16). The van der Waals surface area contributed by atoms with Crippen molar-refractivity contribution in [3.8, 4) is 0 Å². The van der Waals surface area contributed by atoms with Gasteiger partial charge in [0.05, 0.1) is 17.2 Å². The second kappa shape index (κ2) is 5.79. The maximum Gasteiger partial charge on any atom is 0.193 e. The first-order chi connectivity index (χ1) is 9.12. The number of benzene rings is 1. The first kappa shape index (κ1) is 13.5. The first-order valence-electron chi connectivity index (χ1n) is 5.91. The molecule has 8 heteroatoms. The minimum absolute atomic E-state index is 0.169. The zero-order valence-corrected chi connectivity index (χ0v) is 11.3. The van der Waals surface area contributed by atoms with Gasteiger partial charge in [-0.3, -0.25) is 0 Å². The quantitative estimate of drug-likeness (QED) is 0.819. The molecule has 0 bridgehead atoms. The summed E-state index contributed by atoms with van der Waals surface area (Å²) in [5.74, 6) is 0.713. The van der Waals surface area contributed by atoms with Gasteiger partial charge in [-0.2, -0.15) is 5.21 Å². The molecule has 0 amide bonds. The molecule has 0 aliphatic heterocycles. The van der Waals surface area contributed by atoms with Gasteiger partial charge in [0.1, 0.15) is 0 Å². The van der Waals surface area contributed by atoms with Crippen LogP contribution < -0.4 is 5.32 Å². The molecule has 0 unspecified atom stereocenters. The van der Waals surface area contributed by atoms with E-state index in [9.17, 15) is 8.42 Å². The Labute approximate surface area is 111 Å². The second-order valence-corrected chi connectivity index (χ2v) is 6.13. The number of H-pyrrole nitrogens is 1. The van der Waals surface area contributed by atoms with Crippen molar-refractivity contribution < 1.29 is 8.42 Å². The van der Waals surface area contributed by atoms with E-state index in [0.717, 1.165) is 5.69 Å². The molecule has 0 aliphatic rings. The topological polar surface area (TPSA) is 101 Å². The van der Waals surface area contributed by atoms with Crippen LogP contribution in [0.15, 0.2) is 29.2 Å². The molecular weight excluding hydrogens is 266 g/mol. The van der Waals surface area contributed by atoms with E-state index in [4.69, 9.17) is 0 Å². The van der Waals surface area contributed by atoms with E-state index in [1.165, 1.54) is 0 Å². The van der Waals surface area contributed by atoms with Gasteiger partial charge in [-0.1, -0.05) is 12.1 Å². The molecule has 0 radical (unpaired) electrons. The molecule has 0 saturated heterocycles. The molecule has 0 fully saturated rings. The number of nitrogens with zero attached hydrogens (tertiary/aromatic N) is 3. The highest BCUT2D eigenvalue weighted by Crippen LogP contribution is 2.16. The van der Waals surface area contributed by atoms with Crippen molar-refractivity contribution in [1.82, 2.24) is 20.6 Å². The van der Waals surface area contributed by atoms with Crippen LogP contribution >= 0.6 is 0 Å². The molecule has 1 heterocycles. The largest absolute Gasteiger partial charge is 0.378 e. The molecule has 1 aromatic heterocycles. The van der Waals surface area contributed by atoms with Crippen LogP contribution in [0.3, 0.4) is 0 Å². The first-order valence-corrected chi connectivity index (χ1v) is 7.56. The lowest BCUT2D eigenvalue weighted by Crippen LogP contribution is -2.06. The van der Waals surface area contributed by atoms with Gasteiger partial charge in [-0.05, 0) is 30.7 Å². The predicted octanol–water partition coefficient (Wildman–Crippen LogP) is 0.995. The Kier molecular flexibility index (Phi) is 4.10. The average Bonchev–Trinajstić information content (AvgIpc) is 2.90. The summed E-state index contributed by atoms with van der Waals surface area (Å²) in [6.07, 6.45) is 0.611. The van der Waals surface area contributed by atoms with E-state index in [2.05, 4.69) is 25.9 Å². The van der Waals surface area contributed by atoms with Gasteiger partial charge in [-0.15, -0.1) is 10.2 Å². The zero-order chi connectivity index (χ0) is 13.7. The monoisotopic (exact) mass is 281 g/mol. The van der Waals surface area contributed by atoms with Crippen molar-refractivity contribution >= 4 is 15.5 Å². The molecule has 2 N–H and O–H groups in total. The summed E-state index contributed by atoms with van der Waals surface area (Å²) < 4.78 is 23.7. The van der Waals surface area contributed by atoms with Crippen LogP contribution in [-0.4, -0.2) is 34.8 Å². The highest BCUT2D eigenvalue weighted by atomic mass is 32.2. The molecule has 2 rings (SSSR count). The van der Waals surface area contributed by atoms with Gasteiger partial charge < -0.3 is 5.32 Å². The van der Waals surface area contributed by atoms with E-state index >= 15 is 0 Å². The van der Waals surface area contributed by atoms with E-state index < -0.39 is 9.84 Å². The number of sulfone groups is 1. The number of anilines is 1. The lowest BCUT2D eigenvalue weighted by atomic mass is 10.3. The number of hydrogen-bond acceptors (Lipinski definition) is 6. The van der Waals surface area contributed by atoms with E-state index in [0.29, 0.717) is 23.7 Å². The minimum Gasteiger partial charge on any atom is -0.378 e. The Bertz CT molecular complexity index is 607. The molecule has 102 valence electrons. The molecule has 7 nitrogen and oxygen atoms in total. The minimum atomic E-state index is -3.15. The van der Waals surface area contributed by atoms with Crippen LogP contribution in [0.2, 0.25) is 0 Å². The fraction of sp³-hybridized carbons (Fsp3) is 0.364. The average molecular weight is 281 g/mol. The SMILES string of the molecule is CCCS(=O)(=O)c1ccc(NCc2nn[nH]n2)cc1. The van der Waals surface area contributed by atoms with Gasteiger partial charge in [0.25, 0.3) is 0 Å². The molecule has 0 aliphatic carbocycles. The van der Waals surface area contributed by atoms with Gasteiger partial charge in [-0.25, -0.2) is 8.42 Å². The lowest BCUT2D eigenvalue weighted by molar-refractivity contribution is 0.595. The summed E-state index contributed by atoms with van der Waals surface area (Å²) >= 11 is 0. The summed E-state index contributed by atoms with van der Waals surface area (Å²) in [5.41, 5.74) is 0.806. The number of hydrogen-bond donors (Lipinski definition) is 2. The Balaban J connectivity index is 2.02. The highest BCUT2D eigenvalue weighted by molar-refractivity contribution is 7.91. The Morgan fingerprint density at radius 1 is 1.26 bits per heavy atom. The van der Waals surface area contributed by atoms with Crippen LogP contribution in [0.25, 0.3) is 0 Å². The number of aromatic amines is 1. The van der Waals surface area contributed by atoms with Gasteiger partial charge >= 0.3 is 0 Å². The van der Waals surface area contributed by atoms with Crippen LogP contribution in [0.4, 0.5) is 5.69 Å². The van der Waals surface area contributed by atoms with Crippen LogP contribution in [0, 0.1) is 0 Å². The van der Waals surface area contributed by atoms with Crippen molar-refractivity contribution in [2.24, 2.45) is 0 Å². The molecule has 1 aromatic carbocycles. The summed E-state index contributed by atoms with van der Waals surface area (Å²) in [6, 6.07) is 6.65. The maximum absolute atomic E-state index is 11.8. The number of tetrazole rings is 1. The number of nitrogens with one attached hydrogen (secondary N) is 2. The van der Waals surface area contributed by atoms with E-state index in [1.54, 1.807) is 24.3 Å². The zero-order valence-electron chi connectivity index (χ0n) is 10.5. The van der Waals surface area contributed by atoms with E-state index in [-0.39, 0.29) is 5.75 Å². The van der Waals surface area contributed by atoms with Crippen molar-refractivity contribution in [2.75, 3.05) is 11.1 Å². The summed E-state index contributed by atoms with van der Waals surface area (Å²) in [7, 11) is -3.15. The van der Waals surface area contributed by atoms with Crippen molar-refractivity contribution in [1.29, 1.82) is 0 Å². The van der Waals surface area contributed by atoms with Crippen LogP contribution in [-0.2, 0) is 16.4 Å². The normalized spacial score (nSPS) is 11.4. The Morgan fingerprint density at radius 2 is 2.00 bits per heavy atom. The smallest absolute Gasteiger partial charge is 0.193 e.